The zero-order chi connectivity index (χ0) is 31.7. The largest absolute Gasteiger partial charge is 0.494 e. The quantitative estimate of drug-likeness (QED) is 0.0834. The van der Waals surface area contributed by atoms with E-state index in [4.69, 9.17) is 25.8 Å². The molecule has 3 N–H and O–H groups in total. The van der Waals surface area contributed by atoms with E-state index >= 15 is 0 Å². The molecule has 0 spiro atoms. The predicted molar refractivity (Wildman–Crippen MR) is 180 cm³/mol. The lowest BCUT2D eigenvalue weighted by Gasteiger charge is -2.17. The van der Waals surface area contributed by atoms with Gasteiger partial charge in [0.25, 0.3) is 0 Å². The van der Waals surface area contributed by atoms with Crippen LogP contribution in [0.4, 0.5) is 11.4 Å². The highest BCUT2D eigenvalue weighted by Gasteiger charge is 2.42. The zero-order valence-electron chi connectivity index (χ0n) is 25.9. The average Bonchev–Trinajstić information content (AvgIpc) is 3.60. The first-order valence-electron chi connectivity index (χ1n) is 16.0. The number of benzene rings is 2. The molecule has 4 rings (SSSR count). The molecule has 2 aromatic rings. The molecule has 9 nitrogen and oxygen atoms in total. The Hall–Kier alpha value is -2.79. The number of alkyl halides is 1. The number of rotatable bonds is 22. The Morgan fingerprint density at radius 2 is 1.76 bits per heavy atom. The first-order chi connectivity index (χ1) is 22.0. The summed E-state index contributed by atoms with van der Waals surface area (Å²) < 4.78 is 17.1. The number of hydrogen-bond acceptors (Lipinski definition) is 8. The number of ether oxygens (including phenoxy) is 3. The molecule has 2 aromatic carbocycles. The van der Waals surface area contributed by atoms with Crippen LogP contribution in [0.25, 0.3) is 0 Å². The summed E-state index contributed by atoms with van der Waals surface area (Å²) in [6.07, 6.45) is 7.00. The molecule has 2 aliphatic rings. The van der Waals surface area contributed by atoms with Crippen LogP contribution in [0.1, 0.15) is 61.7 Å². The third-order valence-electron chi connectivity index (χ3n) is 7.95. The van der Waals surface area contributed by atoms with E-state index in [1.807, 2.05) is 54.2 Å². The molecule has 2 amide bonds. The van der Waals surface area contributed by atoms with Crippen LogP contribution in [-0.4, -0.2) is 80.1 Å². The van der Waals surface area contributed by atoms with E-state index in [0.717, 1.165) is 55.7 Å². The summed E-state index contributed by atoms with van der Waals surface area (Å²) in [5, 5.41) is 9.83. The van der Waals surface area contributed by atoms with Gasteiger partial charge in [0.2, 0.25) is 11.8 Å². The maximum absolute atomic E-state index is 12.1. The molecule has 45 heavy (non-hydrogen) atoms. The van der Waals surface area contributed by atoms with E-state index in [2.05, 4.69) is 16.0 Å². The van der Waals surface area contributed by atoms with Gasteiger partial charge < -0.3 is 30.2 Å². The highest BCUT2D eigenvalue weighted by molar-refractivity contribution is 8.00. The van der Waals surface area contributed by atoms with E-state index in [1.165, 1.54) is 0 Å². The minimum absolute atomic E-state index is 0.0609. The van der Waals surface area contributed by atoms with E-state index in [9.17, 15) is 14.4 Å². The molecule has 3 atom stereocenters. The number of amides is 2. The molecule has 0 aromatic heterocycles. The van der Waals surface area contributed by atoms with Crippen LogP contribution in [0.5, 0.6) is 5.75 Å². The molecule has 0 radical (unpaired) electrons. The van der Waals surface area contributed by atoms with Crippen molar-refractivity contribution in [1.82, 2.24) is 10.6 Å². The third-order valence-corrected chi connectivity index (χ3v) is 9.78. The molecule has 0 aliphatic carbocycles. The smallest absolute Gasteiger partial charge is 0.220 e. The molecule has 246 valence electrons. The van der Waals surface area contributed by atoms with Gasteiger partial charge in [-0.15, -0.1) is 11.6 Å². The number of hydrogen-bond donors (Lipinski definition) is 3. The van der Waals surface area contributed by atoms with Gasteiger partial charge in [0.15, 0.2) is 5.78 Å². The Kier molecular flexibility index (Phi) is 15.3. The van der Waals surface area contributed by atoms with Crippen molar-refractivity contribution in [3.8, 4) is 5.75 Å². The minimum Gasteiger partial charge on any atom is -0.494 e. The Bertz CT molecular complexity index is 1230. The number of halogens is 1. The molecule has 0 saturated carbocycles. The van der Waals surface area contributed by atoms with Crippen molar-refractivity contribution in [1.29, 1.82) is 0 Å². The fraction of sp³-hybridized carbons (Fsp3) is 0.559. The first-order valence-corrected chi connectivity index (χ1v) is 17.6. The summed E-state index contributed by atoms with van der Waals surface area (Å²) >= 11 is 7.72. The number of carbonyl (C=O) groups excluding carboxylic acids is 3. The first kappa shape index (κ1) is 35.1. The van der Waals surface area contributed by atoms with Crippen molar-refractivity contribution in [2.45, 2.75) is 62.7 Å². The summed E-state index contributed by atoms with van der Waals surface area (Å²) in [6, 6.07) is 15.3. The summed E-state index contributed by atoms with van der Waals surface area (Å²) in [6.45, 7) is 3.31. The van der Waals surface area contributed by atoms with Crippen LogP contribution in [0.15, 0.2) is 48.5 Å². The fourth-order valence-corrected chi connectivity index (χ4v) is 7.40. The van der Waals surface area contributed by atoms with Crippen LogP contribution in [0.3, 0.4) is 0 Å². The number of anilines is 2. The topological polar surface area (TPSA) is 115 Å². The number of unbranched alkanes of at least 4 members (excludes halogenated alkanes) is 3. The summed E-state index contributed by atoms with van der Waals surface area (Å²) in [7, 11) is 0. The molecular weight excluding hydrogens is 614 g/mol. The molecular formula is C34H46ClN3O6S. The lowest BCUT2D eigenvalue weighted by molar-refractivity contribution is -0.121. The van der Waals surface area contributed by atoms with Gasteiger partial charge in [-0.3, -0.25) is 14.4 Å². The van der Waals surface area contributed by atoms with E-state index in [1.54, 1.807) is 6.07 Å². The molecule has 2 saturated heterocycles. The van der Waals surface area contributed by atoms with Gasteiger partial charge in [-0.2, -0.15) is 11.8 Å². The average molecular weight is 660 g/mol. The lowest BCUT2D eigenvalue weighted by Crippen LogP contribution is -2.34. The van der Waals surface area contributed by atoms with Gasteiger partial charge in [-0.1, -0.05) is 24.6 Å². The van der Waals surface area contributed by atoms with Gasteiger partial charge in [-0.05, 0) is 68.0 Å². The normalized spacial score (nSPS) is 18.8. The Balaban J connectivity index is 0.930. The molecule has 0 bridgehead atoms. The number of Topliss-reactive ketones (excluding diaryl/α,β-unsaturated/α-hetero) is 1. The Morgan fingerprint density at radius 1 is 0.933 bits per heavy atom. The van der Waals surface area contributed by atoms with Crippen molar-refractivity contribution >= 4 is 52.3 Å². The van der Waals surface area contributed by atoms with Crippen molar-refractivity contribution < 1.29 is 28.6 Å². The second kappa shape index (κ2) is 19.7. The summed E-state index contributed by atoms with van der Waals surface area (Å²) in [5.74, 6) is 2.41. The number of ketones is 1. The lowest BCUT2D eigenvalue weighted by atomic mass is 9.97. The fourth-order valence-electron chi connectivity index (χ4n) is 5.60. The highest BCUT2D eigenvalue weighted by Crippen LogP contribution is 2.39. The number of para-hydroxylation sites is 1. The number of nitrogens with one attached hydrogen (secondary N) is 3. The molecule has 2 heterocycles. The van der Waals surface area contributed by atoms with Gasteiger partial charge in [0.05, 0.1) is 32.3 Å². The van der Waals surface area contributed by atoms with Crippen LogP contribution >= 0.6 is 23.4 Å². The van der Waals surface area contributed by atoms with Crippen molar-refractivity contribution in [3.63, 3.8) is 0 Å². The van der Waals surface area contributed by atoms with Crippen molar-refractivity contribution in [2.24, 2.45) is 5.92 Å². The SMILES string of the molecule is O=C(CCCCC1SCC2CC(=O)NC21)NCCOCCOCCCCCOc1cccc(Nc2ccccc2C(=O)CCl)c1. The van der Waals surface area contributed by atoms with E-state index in [-0.39, 0.29) is 23.5 Å². The van der Waals surface area contributed by atoms with Crippen molar-refractivity contribution in [2.75, 3.05) is 56.5 Å². The monoisotopic (exact) mass is 659 g/mol. The van der Waals surface area contributed by atoms with Crippen molar-refractivity contribution in [3.05, 3.63) is 54.1 Å². The van der Waals surface area contributed by atoms with E-state index < -0.39 is 0 Å². The Labute approximate surface area is 275 Å². The molecule has 2 aliphatic heterocycles. The van der Waals surface area contributed by atoms with Crippen LogP contribution < -0.4 is 20.7 Å². The van der Waals surface area contributed by atoms with Gasteiger partial charge in [0, 0.05) is 60.3 Å². The second-order valence-corrected chi connectivity index (χ2v) is 13.0. The third kappa shape index (κ3) is 12.2. The maximum Gasteiger partial charge on any atom is 0.220 e. The zero-order valence-corrected chi connectivity index (χ0v) is 27.5. The number of thioether (sulfide) groups is 1. The molecule has 2 fully saturated rings. The second-order valence-electron chi connectivity index (χ2n) is 11.4. The molecule has 11 heteroatoms. The summed E-state index contributed by atoms with van der Waals surface area (Å²) in [5.41, 5.74) is 2.12. The van der Waals surface area contributed by atoms with Crippen LogP contribution in [-0.2, 0) is 19.1 Å². The number of carbonyl (C=O) groups is 3. The Morgan fingerprint density at radius 3 is 2.62 bits per heavy atom. The van der Waals surface area contributed by atoms with Gasteiger partial charge >= 0.3 is 0 Å². The van der Waals surface area contributed by atoms with Gasteiger partial charge in [-0.25, -0.2) is 0 Å². The predicted octanol–water partition coefficient (Wildman–Crippen LogP) is 5.73. The summed E-state index contributed by atoms with van der Waals surface area (Å²) in [4.78, 5) is 35.8. The van der Waals surface area contributed by atoms with Crippen LogP contribution in [0, 0.1) is 5.92 Å². The van der Waals surface area contributed by atoms with Crippen LogP contribution in [0.2, 0.25) is 0 Å². The standard InChI is InChI=1S/C34H46ClN3O6S/c35-23-30(39)28-11-2-3-12-29(28)37-26-9-8-10-27(22-26)44-17-7-1-6-16-42-19-20-43-18-15-36-32(40)14-5-4-13-31-34-25(24-45-31)21-33(41)38-34/h2-3,8-12,22,25,31,34,37H,1,4-7,13-21,23-24H2,(H,36,40)(H,38,41). The minimum atomic E-state index is -0.123. The highest BCUT2D eigenvalue weighted by atomic mass is 35.5. The maximum atomic E-state index is 12.1. The van der Waals surface area contributed by atoms with Gasteiger partial charge in [0.1, 0.15) is 5.75 Å². The van der Waals surface area contributed by atoms with E-state index in [0.29, 0.717) is 80.9 Å². The number of fused-ring (bicyclic) bond motifs is 1. The molecule has 3 unspecified atom stereocenters.